The molecular formula is C13H13NO2. The van der Waals surface area contributed by atoms with E-state index >= 15 is 0 Å². The lowest BCUT2D eigenvalue weighted by atomic mass is 10.1. The molecule has 0 N–H and O–H groups in total. The summed E-state index contributed by atoms with van der Waals surface area (Å²) in [7, 11) is 3.27. The molecule has 2 rings (SSSR count). The molecular weight excluding hydrogens is 202 g/mol. The van der Waals surface area contributed by atoms with Crippen LogP contribution in [0.15, 0.2) is 42.7 Å². The number of hydrogen-bond donors (Lipinski definition) is 0. The molecule has 0 aliphatic heterocycles. The van der Waals surface area contributed by atoms with Gasteiger partial charge in [0, 0.05) is 23.5 Å². The number of pyridine rings is 1. The van der Waals surface area contributed by atoms with Crippen LogP contribution in [-0.4, -0.2) is 19.2 Å². The minimum absolute atomic E-state index is 0.726. The Kier molecular flexibility index (Phi) is 3.05. The number of methoxy groups -OCH3 is 2. The molecule has 0 radical (unpaired) electrons. The summed E-state index contributed by atoms with van der Waals surface area (Å²) >= 11 is 0. The molecule has 0 unspecified atom stereocenters. The second kappa shape index (κ2) is 4.66. The highest BCUT2D eigenvalue weighted by molar-refractivity contribution is 5.73. The van der Waals surface area contributed by atoms with Crippen LogP contribution in [0, 0.1) is 0 Å². The molecule has 1 aromatic carbocycles. The molecule has 0 fully saturated rings. The number of aromatic nitrogens is 1. The minimum Gasteiger partial charge on any atom is -0.493 e. The number of rotatable bonds is 3. The summed E-state index contributed by atoms with van der Waals surface area (Å²) < 4.78 is 10.6. The zero-order valence-corrected chi connectivity index (χ0v) is 9.31. The predicted molar refractivity (Wildman–Crippen MR) is 62.8 cm³/mol. The molecule has 1 aromatic heterocycles. The zero-order chi connectivity index (χ0) is 11.4. The quantitative estimate of drug-likeness (QED) is 0.788. The Morgan fingerprint density at radius 2 is 1.88 bits per heavy atom. The van der Waals surface area contributed by atoms with E-state index in [1.165, 1.54) is 0 Å². The van der Waals surface area contributed by atoms with E-state index in [1.54, 1.807) is 26.6 Å². The van der Waals surface area contributed by atoms with Gasteiger partial charge in [-0.25, -0.2) is 0 Å². The number of nitrogens with zero attached hydrogens (tertiary/aromatic N) is 1. The molecule has 0 bridgehead atoms. The molecule has 1 heterocycles. The molecule has 3 heteroatoms. The van der Waals surface area contributed by atoms with Crippen LogP contribution in [0.2, 0.25) is 0 Å². The van der Waals surface area contributed by atoms with Crippen LogP contribution >= 0.6 is 0 Å². The van der Waals surface area contributed by atoms with Crippen LogP contribution in [0.3, 0.4) is 0 Å². The van der Waals surface area contributed by atoms with Crippen LogP contribution in [0.4, 0.5) is 0 Å². The summed E-state index contributed by atoms with van der Waals surface area (Å²) in [5, 5.41) is 0. The van der Waals surface area contributed by atoms with Gasteiger partial charge in [-0.1, -0.05) is 18.2 Å². The lowest BCUT2D eigenvalue weighted by Crippen LogP contribution is -1.93. The van der Waals surface area contributed by atoms with E-state index in [-0.39, 0.29) is 0 Å². The van der Waals surface area contributed by atoms with Crippen LogP contribution in [-0.2, 0) is 0 Å². The van der Waals surface area contributed by atoms with Crippen LogP contribution in [0.25, 0.3) is 11.1 Å². The van der Waals surface area contributed by atoms with Crippen molar-refractivity contribution >= 4 is 0 Å². The van der Waals surface area contributed by atoms with E-state index in [0.717, 1.165) is 22.6 Å². The van der Waals surface area contributed by atoms with Crippen molar-refractivity contribution in [2.24, 2.45) is 0 Å². The van der Waals surface area contributed by atoms with E-state index < -0.39 is 0 Å². The standard InChI is InChI=1S/C13H13NO2/c1-15-12-7-3-6-11(13(12)16-2)10-5-4-8-14-9-10/h3-9H,1-2H3. The third-order valence-corrected chi connectivity index (χ3v) is 2.38. The van der Waals surface area contributed by atoms with E-state index in [4.69, 9.17) is 9.47 Å². The van der Waals surface area contributed by atoms with Gasteiger partial charge in [0.2, 0.25) is 0 Å². The Balaban J connectivity index is 2.57. The normalized spacial score (nSPS) is 9.88. The highest BCUT2D eigenvalue weighted by Crippen LogP contribution is 2.37. The summed E-state index contributed by atoms with van der Waals surface area (Å²) in [5.41, 5.74) is 1.99. The predicted octanol–water partition coefficient (Wildman–Crippen LogP) is 2.77. The zero-order valence-electron chi connectivity index (χ0n) is 9.31. The average molecular weight is 215 g/mol. The Morgan fingerprint density at radius 3 is 2.50 bits per heavy atom. The van der Waals surface area contributed by atoms with Gasteiger partial charge in [-0.15, -0.1) is 0 Å². The molecule has 0 spiro atoms. The maximum Gasteiger partial charge on any atom is 0.168 e. The largest absolute Gasteiger partial charge is 0.493 e. The van der Waals surface area contributed by atoms with Gasteiger partial charge in [0.25, 0.3) is 0 Å². The van der Waals surface area contributed by atoms with E-state index in [0.29, 0.717) is 0 Å². The molecule has 0 aliphatic carbocycles. The minimum atomic E-state index is 0.726. The summed E-state index contributed by atoms with van der Waals surface area (Å²) in [4.78, 5) is 4.10. The van der Waals surface area contributed by atoms with Gasteiger partial charge in [0.15, 0.2) is 11.5 Å². The molecule has 0 saturated heterocycles. The first-order chi connectivity index (χ1) is 7.86. The van der Waals surface area contributed by atoms with Crippen molar-refractivity contribution in [3.05, 3.63) is 42.7 Å². The second-order valence-electron chi connectivity index (χ2n) is 3.28. The number of ether oxygens (including phenoxy) is 2. The van der Waals surface area contributed by atoms with Crippen molar-refractivity contribution in [2.75, 3.05) is 14.2 Å². The van der Waals surface area contributed by atoms with E-state index in [9.17, 15) is 0 Å². The molecule has 0 aliphatic rings. The lowest BCUT2D eigenvalue weighted by Gasteiger charge is -2.12. The molecule has 16 heavy (non-hydrogen) atoms. The molecule has 3 nitrogen and oxygen atoms in total. The van der Waals surface area contributed by atoms with E-state index in [2.05, 4.69) is 4.98 Å². The molecule has 0 saturated carbocycles. The maximum absolute atomic E-state index is 5.37. The van der Waals surface area contributed by atoms with Gasteiger partial charge in [0.1, 0.15) is 0 Å². The number of benzene rings is 1. The van der Waals surface area contributed by atoms with Crippen molar-refractivity contribution in [2.45, 2.75) is 0 Å². The van der Waals surface area contributed by atoms with Crippen molar-refractivity contribution in [1.29, 1.82) is 0 Å². The molecule has 0 atom stereocenters. The maximum atomic E-state index is 5.37. The van der Waals surface area contributed by atoms with Gasteiger partial charge in [-0.3, -0.25) is 4.98 Å². The number of para-hydroxylation sites is 1. The average Bonchev–Trinajstić information content (AvgIpc) is 2.38. The van der Waals surface area contributed by atoms with Crippen molar-refractivity contribution < 1.29 is 9.47 Å². The Labute approximate surface area is 94.7 Å². The van der Waals surface area contributed by atoms with Crippen LogP contribution in [0.1, 0.15) is 0 Å². The summed E-state index contributed by atoms with van der Waals surface area (Å²) in [5.74, 6) is 1.46. The third kappa shape index (κ3) is 1.84. The number of hydrogen-bond acceptors (Lipinski definition) is 3. The smallest absolute Gasteiger partial charge is 0.168 e. The lowest BCUT2D eigenvalue weighted by molar-refractivity contribution is 0.356. The Morgan fingerprint density at radius 1 is 1.00 bits per heavy atom. The summed E-state index contributed by atoms with van der Waals surface area (Å²) in [6.45, 7) is 0. The SMILES string of the molecule is COc1cccc(-c2cccnc2)c1OC. The Bertz CT molecular complexity index is 469. The van der Waals surface area contributed by atoms with Gasteiger partial charge in [-0.05, 0) is 12.1 Å². The topological polar surface area (TPSA) is 31.4 Å². The highest BCUT2D eigenvalue weighted by Gasteiger charge is 2.10. The molecule has 2 aromatic rings. The third-order valence-electron chi connectivity index (χ3n) is 2.38. The van der Waals surface area contributed by atoms with Crippen LogP contribution < -0.4 is 9.47 Å². The highest BCUT2D eigenvalue weighted by atomic mass is 16.5. The Hall–Kier alpha value is -2.03. The molecule has 0 amide bonds. The van der Waals surface area contributed by atoms with Gasteiger partial charge in [-0.2, -0.15) is 0 Å². The van der Waals surface area contributed by atoms with Gasteiger partial charge >= 0.3 is 0 Å². The fraction of sp³-hybridized carbons (Fsp3) is 0.154. The van der Waals surface area contributed by atoms with Gasteiger partial charge < -0.3 is 9.47 Å². The van der Waals surface area contributed by atoms with Gasteiger partial charge in [0.05, 0.1) is 14.2 Å². The first-order valence-corrected chi connectivity index (χ1v) is 4.98. The fourth-order valence-electron chi connectivity index (χ4n) is 1.64. The van der Waals surface area contributed by atoms with Crippen LogP contribution in [0.5, 0.6) is 11.5 Å². The summed E-state index contributed by atoms with van der Waals surface area (Å²) in [6.07, 6.45) is 3.55. The van der Waals surface area contributed by atoms with E-state index in [1.807, 2.05) is 30.3 Å². The molecule has 82 valence electrons. The monoisotopic (exact) mass is 215 g/mol. The fourth-order valence-corrected chi connectivity index (χ4v) is 1.64. The van der Waals surface area contributed by atoms with Crippen molar-refractivity contribution in [1.82, 2.24) is 4.98 Å². The first-order valence-electron chi connectivity index (χ1n) is 4.98. The van der Waals surface area contributed by atoms with Crippen molar-refractivity contribution in [3.8, 4) is 22.6 Å². The first kappa shape index (κ1) is 10.5. The summed E-state index contributed by atoms with van der Waals surface area (Å²) in [6, 6.07) is 9.68. The van der Waals surface area contributed by atoms with Crippen molar-refractivity contribution in [3.63, 3.8) is 0 Å². The second-order valence-corrected chi connectivity index (χ2v) is 3.28.